The molecule has 3 N–H and O–H groups in total. The van der Waals surface area contributed by atoms with Crippen molar-refractivity contribution in [3.63, 3.8) is 0 Å². The Morgan fingerprint density at radius 1 is 1.07 bits per heavy atom. The maximum Gasteiger partial charge on any atom is 0.297 e. The zero-order valence-electron chi connectivity index (χ0n) is 8.67. The predicted octanol–water partition coefficient (Wildman–Crippen LogP) is 2.74. The first-order chi connectivity index (χ1) is 6.12. The predicted molar refractivity (Wildman–Crippen MR) is 54.4 cm³/mol. The third-order valence-corrected chi connectivity index (χ3v) is 2.82. The first-order valence-electron chi connectivity index (χ1n) is 4.65. The van der Waals surface area contributed by atoms with Gasteiger partial charge in [0.05, 0.1) is 5.75 Å². The van der Waals surface area contributed by atoms with Crippen LogP contribution in [0.1, 0.15) is 45.4 Å². The maximum atomic E-state index is 11.3. The summed E-state index contributed by atoms with van der Waals surface area (Å²) in [5.74, 6) is -0.213. The van der Waals surface area contributed by atoms with E-state index in [2.05, 4.69) is 11.3 Å². The Hall–Kier alpha value is -0.200. The number of halogens is 1. The molecule has 4 nitrogen and oxygen atoms in total. The quantitative estimate of drug-likeness (QED) is 0.649. The summed E-state index contributed by atoms with van der Waals surface area (Å²) < 4.78 is 35.1. The van der Waals surface area contributed by atoms with Crippen molar-refractivity contribution in [2.24, 2.45) is 0 Å². The van der Waals surface area contributed by atoms with E-state index < -0.39 is 10.1 Å². The van der Waals surface area contributed by atoms with Gasteiger partial charge in [0.2, 0.25) is 0 Å². The molecular weight excluding hydrogens is 209 g/mol. The van der Waals surface area contributed by atoms with E-state index in [1.807, 2.05) is 0 Å². The van der Waals surface area contributed by atoms with Gasteiger partial charge < -0.3 is 6.15 Å². The van der Waals surface area contributed by atoms with Crippen LogP contribution in [-0.4, -0.2) is 14.2 Å². The van der Waals surface area contributed by atoms with E-state index >= 15 is 0 Å². The van der Waals surface area contributed by atoms with Gasteiger partial charge >= 0.3 is 0 Å². The Balaban J connectivity index is 0. The van der Waals surface area contributed by atoms with E-state index in [0.717, 1.165) is 25.7 Å². The third kappa shape index (κ3) is 9.88. The summed E-state index contributed by atoms with van der Waals surface area (Å²) in [4.78, 5) is 0. The Morgan fingerprint density at radius 3 is 2.07 bits per heavy atom. The lowest BCUT2D eigenvalue weighted by molar-refractivity contribution is 0.00288. The molecule has 0 bridgehead atoms. The van der Waals surface area contributed by atoms with Gasteiger partial charge in [0, 0.05) is 0 Å². The van der Waals surface area contributed by atoms with Gasteiger partial charge in [-0.05, 0) is 10.9 Å². The molecule has 0 unspecified atom stereocenters. The number of hydrogen-bond acceptors (Lipinski definition) is 4. The van der Waals surface area contributed by atoms with Crippen LogP contribution >= 0.6 is 0 Å². The van der Waals surface area contributed by atoms with Crippen molar-refractivity contribution in [2.75, 3.05) is 5.75 Å². The van der Waals surface area contributed by atoms with E-state index in [1.165, 1.54) is 6.42 Å². The zero-order valence-corrected chi connectivity index (χ0v) is 9.48. The van der Waals surface area contributed by atoms with Crippen LogP contribution in [0, 0.1) is 0 Å². The van der Waals surface area contributed by atoms with Crippen LogP contribution in [0.2, 0.25) is 0 Å². The van der Waals surface area contributed by atoms with E-state index in [1.54, 1.807) is 0 Å². The summed E-state index contributed by atoms with van der Waals surface area (Å²) in [6, 6.07) is 0. The Kier molecular flexibility index (Phi) is 10.9. The molecule has 0 aliphatic rings. The summed E-state index contributed by atoms with van der Waals surface area (Å²) in [7, 11) is -3.88. The van der Waals surface area contributed by atoms with E-state index in [-0.39, 0.29) is 11.9 Å². The van der Waals surface area contributed by atoms with Crippen LogP contribution in [0.5, 0.6) is 0 Å². The van der Waals surface area contributed by atoms with Crippen molar-refractivity contribution in [1.29, 1.82) is 0 Å². The lowest BCUT2D eigenvalue weighted by Gasteiger charge is -1.99. The summed E-state index contributed by atoms with van der Waals surface area (Å²) in [5, 5.41) is 0. The Bertz CT molecular complexity index is 207. The maximum absolute atomic E-state index is 11.3. The van der Waals surface area contributed by atoms with Crippen LogP contribution in [0.3, 0.4) is 0 Å². The van der Waals surface area contributed by atoms with Gasteiger partial charge in [-0.25, -0.2) is 0 Å². The monoisotopic (exact) mass is 229 g/mol. The highest BCUT2D eigenvalue weighted by molar-refractivity contribution is 7.86. The standard InChI is InChI=1S/C8H17FO3S.H3N/c1-2-3-4-5-6-7-8-13(10,11)12-9;/h2-8H2,1H3;1H3. The molecule has 0 aliphatic heterocycles. The Morgan fingerprint density at radius 2 is 1.57 bits per heavy atom. The fourth-order valence-corrected chi connectivity index (χ4v) is 1.71. The van der Waals surface area contributed by atoms with Gasteiger partial charge in [-0.1, -0.05) is 43.4 Å². The molecule has 6 heteroatoms. The van der Waals surface area contributed by atoms with Gasteiger partial charge in [-0.2, -0.15) is 8.42 Å². The first-order valence-corrected chi connectivity index (χ1v) is 6.23. The molecule has 0 saturated carbocycles. The van der Waals surface area contributed by atoms with Crippen molar-refractivity contribution >= 4 is 10.1 Å². The first kappa shape index (κ1) is 16.2. The average Bonchev–Trinajstić information content (AvgIpc) is 2.11. The fraction of sp³-hybridized carbons (Fsp3) is 1.00. The molecule has 14 heavy (non-hydrogen) atoms. The highest BCUT2D eigenvalue weighted by Crippen LogP contribution is 2.07. The molecule has 0 aliphatic carbocycles. The molecular formula is C8H20FNO3S. The second-order valence-corrected chi connectivity index (χ2v) is 4.74. The second-order valence-electron chi connectivity index (χ2n) is 3.09. The number of unbranched alkanes of at least 4 members (excludes halogenated alkanes) is 5. The molecule has 0 aromatic heterocycles. The van der Waals surface area contributed by atoms with Crippen LogP contribution in [-0.2, 0) is 14.5 Å². The van der Waals surface area contributed by atoms with Crippen LogP contribution < -0.4 is 6.15 Å². The van der Waals surface area contributed by atoms with Gasteiger partial charge in [0.15, 0.2) is 0 Å². The van der Waals surface area contributed by atoms with E-state index in [9.17, 15) is 12.9 Å². The summed E-state index contributed by atoms with van der Waals surface area (Å²) in [6.07, 6.45) is 5.76. The van der Waals surface area contributed by atoms with Crippen molar-refractivity contribution in [3.8, 4) is 0 Å². The zero-order chi connectivity index (χ0) is 10.2. The SMILES string of the molecule is CCCCCCCCS(=O)(=O)OF.N. The minimum Gasteiger partial charge on any atom is -0.344 e. The van der Waals surface area contributed by atoms with Crippen molar-refractivity contribution in [3.05, 3.63) is 0 Å². The lowest BCUT2D eigenvalue weighted by atomic mass is 10.1. The molecule has 0 heterocycles. The summed E-state index contributed by atoms with van der Waals surface area (Å²) in [6.45, 7) is 2.11. The summed E-state index contributed by atoms with van der Waals surface area (Å²) in [5.41, 5.74) is 0. The minimum atomic E-state index is -3.88. The highest BCUT2D eigenvalue weighted by Gasteiger charge is 2.09. The highest BCUT2D eigenvalue weighted by atomic mass is 32.2. The normalized spacial score (nSPS) is 11.0. The molecule has 0 saturated heterocycles. The van der Waals surface area contributed by atoms with Crippen molar-refractivity contribution in [2.45, 2.75) is 45.4 Å². The molecule has 0 fully saturated rings. The van der Waals surface area contributed by atoms with Crippen LogP contribution in [0.15, 0.2) is 0 Å². The number of hydrogen-bond donors (Lipinski definition) is 1. The molecule has 0 spiro atoms. The van der Waals surface area contributed by atoms with Gasteiger partial charge in [0.1, 0.15) is 0 Å². The smallest absolute Gasteiger partial charge is 0.297 e. The topological polar surface area (TPSA) is 78.4 Å². The molecule has 0 aromatic rings. The third-order valence-electron chi connectivity index (χ3n) is 1.84. The molecule has 88 valence electrons. The van der Waals surface area contributed by atoms with Crippen LogP contribution in [0.4, 0.5) is 4.53 Å². The molecule has 0 radical (unpaired) electrons. The Labute approximate surface area is 85.4 Å². The molecule has 0 amide bonds. The molecule has 0 atom stereocenters. The van der Waals surface area contributed by atoms with Gasteiger partial charge in [-0.15, -0.1) is 0 Å². The molecule has 0 rings (SSSR count). The number of rotatable bonds is 8. The lowest BCUT2D eigenvalue weighted by Crippen LogP contribution is -2.05. The minimum absolute atomic E-state index is 0. The van der Waals surface area contributed by atoms with Crippen molar-refractivity contribution < 1.29 is 17.3 Å². The second kappa shape index (κ2) is 9.36. The van der Waals surface area contributed by atoms with Gasteiger partial charge in [-0.3, -0.25) is 0 Å². The average molecular weight is 229 g/mol. The van der Waals surface area contributed by atoms with Gasteiger partial charge in [0.25, 0.3) is 10.1 Å². The van der Waals surface area contributed by atoms with E-state index in [0.29, 0.717) is 6.42 Å². The summed E-state index contributed by atoms with van der Waals surface area (Å²) >= 11 is 0. The van der Waals surface area contributed by atoms with Crippen LogP contribution in [0.25, 0.3) is 0 Å². The van der Waals surface area contributed by atoms with E-state index in [4.69, 9.17) is 0 Å². The van der Waals surface area contributed by atoms with Crippen molar-refractivity contribution in [1.82, 2.24) is 6.15 Å². The molecule has 0 aromatic carbocycles. The largest absolute Gasteiger partial charge is 0.344 e. The fourth-order valence-electron chi connectivity index (χ4n) is 1.09.